The van der Waals surface area contributed by atoms with Crippen molar-refractivity contribution in [1.82, 2.24) is 9.55 Å². The van der Waals surface area contributed by atoms with Crippen molar-refractivity contribution in [3.05, 3.63) is 46.5 Å². The van der Waals surface area contributed by atoms with Gasteiger partial charge in [0.05, 0.1) is 18.0 Å². The molecule has 3 rings (SSSR count). The van der Waals surface area contributed by atoms with Crippen LogP contribution in [0.4, 0.5) is 11.5 Å². The maximum atomic E-state index is 12.5. The van der Waals surface area contributed by atoms with Crippen molar-refractivity contribution < 1.29 is 23.5 Å². The highest BCUT2D eigenvalue weighted by Crippen LogP contribution is 2.33. The zero-order valence-corrected chi connectivity index (χ0v) is 23.4. The van der Waals surface area contributed by atoms with Crippen LogP contribution < -0.4 is 16.3 Å². The lowest BCUT2D eigenvalue weighted by Gasteiger charge is -2.19. The van der Waals surface area contributed by atoms with Crippen LogP contribution in [0.15, 0.2) is 40.2 Å². The quantitative estimate of drug-likeness (QED) is 0.401. The van der Waals surface area contributed by atoms with Crippen molar-refractivity contribution in [3.8, 4) is 0 Å². The maximum Gasteiger partial charge on any atom is 0.350 e. The van der Waals surface area contributed by atoms with Crippen LogP contribution >= 0.6 is 29.6 Å². The molecule has 1 aliphatic rings. The molecule has 0 saturated heterocycles. The van der Waals surface area contributed by atoms with Gasteiger partial charge >= 0.3 is 14.3 Å². The Morgan fingerprint density at radius 3 is 2.69 bits per heavy atom. The first kappa shape index (κ1) is 29.6. The van der Waals surface area contributed by atoms with E-state index >= 15 is 0 Å². The van der Waals surface area contributed by atoms with E-state index in [1.807, 2.05) is 32.9 Å². The fourth-order valence-electron chi connectivity index (χ4n) is 2.98. The Kier molecular flexibility index (Phi) is 12.6. The number of nitrogens with one attached hydrogen (secondary N) is 2. The number of nitrogens with zero attached hydrogens (tertiary/aromatic N) is 2. The van der Waals surface area contributed by atoms with Gasteiger partial charge in [-0.3, -0.25) is 9.36 Å². The minimum absolute atomic E-state index is 0.0227. The number of benzene rings is 1. The molecule has 0 spiro atoms. The molecule has 3 N–H and O–H groups in total. The molecule has 2 aromatic rings. The Balaban J connectivity index is 0.000000466. The van der Waals surface area contributed by atoms with Crippen molar-refractivity contribution in [2.75, 3.05) is 37.2 Å². The van der Waals surface area contributed by atoms with E-state index in [9.17, 15) is 9.59 Å². The Bertz CT molecular complexity index is 1030. The number of anilines is 2. The summed E-state index contributed by atoms with van der Waals surface area (Å²) in [5, 5.41) is 5.98. The number of thioether (sulfide) groups is 1. The number of fused-ring (bicyclic) bond motifs is 1. The molecule has 194 valence electrons. The average Bonchev–Trinajstić information content (AvgIpc) is 2.83. The molecule has 10 nitrogen and oxygen atoms in total. The summed E-state index contributed by atoms with van der Waals surface area (Å²) in [6.07, 6.45) is 2.35. The summed E-state index contributed by atoms with van der Waals surface area (Å²) in [6, 6.07) is 7.16. The molecule has 2 heterocycles. The van der Waals surface area contributed by atoms with Gasteiger partial charge in [-0.05, 0) is 51.5 Å². The van der Waals surface area contributed by atoms with Crippen molar-refractivity contribution >= 4 is 47.0 Å². The second-order valence-electron chi connectivity index (χ2n) is 7.87. The predicted octanol–water partition coefficient (Wildman–Crippen LogP) is 4.09. The molecule has 0 saturated carbocycles. The second kappa shape index (κ2) is 14.9. The van der Waals surface area contributed by atoms with Crippen LogP contribution in [0.25, 0.3) is 0 Å². The van der Waals surface area contributed by atoms with E-state index in [2.05, 4.69) is 29.4 Å². The van der Waals surface area contributed by atoms with Gasteiger partial charge in [-0.1, -0.05) is 0 Å². The molecule has 1 aromatic heterocycles. The van der Waals surface area contributed by atoms with E-state index in [0.29, 0.717) is 12.0 Å². The van der Waals surface area contributed by atoms with Crippen molar-refractivity contribution in [2.24, 2.45) is 0 Å². The lowest BCUT2D eigenvalue weighted by molar-refractivity contribution is 0.102. The zero-order valence-electron chi connectivity index (χ0n) is 20.6. The highest BCUT2D eigenvalue weighted by atomic mass is 32.2. The molecule has 1 aromatic carbocycles. The third-order valence-corrected chi connectivity index (χ3v) is 7.36. The van der Waals surface area contributed by atoms with Gasteiger partial charge in [0, 0.05) is 48.9 Å². The van der Waals surface area contributed by atoms with Gasteiger partial charge in [-0.2, -0.15) is 4.98 Å². The third kappa shape index (κ3) is 9.77. The van der Waals surface area contributed by atoms with Crippen molar-refractivity contribution in [2.45, 2.75) is 50.1 Å². The lowest BCUT2D eigenvalue weighted by atomic mass is 10.2. The van der Waals surface area contributed by atoms with Gasteiger partial charge in [-0.25, -0.2) is 4.79 Å². The Morgan fingerprint density at radius 2 is 2.09 bits per heavy atom. The summed E-state index contributed by atoms with van der Waals surface area (Å²) < 4.78 is 16.0. The number of ether oxygens (including phenoxy) is 1. The maximum absolute atomic E-state index is 12.5. The first-order valence-electron chi connectivity index (χ1n) is 11.0. The SMILES string of the molecule is COC(C)C[C@H](P)n1ccc(NC(=O)c2ccc3c(c2)NCCS3)nc1=O.COP(O)OC(C)C. The normalized spacial score (nSPS) is 15.2. The summed E-state index contributed by atoms with van der Waals surface area (Å²) in [6.45, 7) is 6.49. The van der Waals surface area contributed by atoms with E-state index in [-0.39, 0.29) is 29.7 Å². The molecular formula is C22H34N4O6P2S. The number of hydrogen-bond donors (Lipinski definition) is 3. The van der Waals surface area contributed by atoms with Crippen molar-refractivity contribution in [1.29, 1.82) is 0 Å². The van der Waals surface area contributed by atoms with E-state index in [4.69, 9.17) is 14.2 Å². The zero-order chi connectivity index (χ0) is 26.0. The molecule has 1 aliphatic heterocycles. The topological polar surface area (TPSA) is 124 Å². The van der Waals surface area contributed by atoms with Crippen LogP contribution in [0.5, 0.6) is 0 Å². The molecule has 0 fully saturated rings. The number of hydrogen-bond acceptors (Lipinski definition) is 9. The predicted molar refractivity (Wildman–Crippen MR) is 144 cm³/mol. The molecule has 4 atom stereocenters. The number of carbonyl (C=O) groups excluding carboxylic acids is 1. The first-order chi connectivity index (χ1) is 16.6. The van der Waals surface area contributed by atoms with Gasteiger partial charge in [0.25, 0.3) is 5.91 Å². The number of amides is 1. The van der Waals surface area contributed by atoms with Gasteiger partial charge in [0.1, 0.15) is 5.82 Å². The molecule has 0 bridgehead atoms. The molecule has 13 heteroatoms. The van der Waals surface area contributed by atoms with Crippen LogP contribution in [0, 0.1) is 0 Å². The number of aromatic nitrogens is 2. The van der Waals surface area contributed by atoms with Crippen LogP contribution in [-0.4, -0.2) is 59.1 Å². The molecule has 0 aliphatic carbocycles. The minimum atomic E-state index is -1.62. The Labute approximate surface area is 213 Å². The Hall–Kier alpha value is -1.58. The fraction of sp³-hybridized carbons (Fsp3) is 0.500. The molecule has 1 amide bonds. The average molecular weight is 545 g/mol. The van der Waals surface area contributed by atoms with Crippen LogP contribution in [-0.2, 0) is 13.8 Å². The van der Waals surface area contributed by atoms with Gasteiger partial charge in [0.15, 0.2) is 0 Å². The van der Waals surface area contributed by atoms with E-state index < -0.39 is 14.3 Å². The second-order valence-corrected chi connectivity index (χ2v) is 10.8. The first-order valence-corrected chi connectivity index (χ1v) is 13.8. The van der Waals surface area contributed by atoms with Crippen LogP contribution in [0.3, 0.4) is 0 Å². The third-order valence-electron chi connectivity index (χ3n) is 4.78. The summed E-state index contributed by atoms with van der Waals surface area (Å²) in [4.78, 5) is 38.6. The largest absolute Gasteiger partial charge is 0.383 e. The standard InChI is InChI=1S/C18H23N4O3PS.C4H11O3P/c1-11(25-2)9-16(26)22-7-5-15(21-18(22)24)20-17(23)12-3-4-14-13(10-12)19-6-8-27-14;1-4(2)7-8(5)6-3/h3-5,7,10-11,16,19H,6,8-9,26H2,1-2H3,(H,20,21,23,24);4-5H,1-3H3/t11?,16-;/m0./s1. The van der Waals surface area contributed by atoms with Crippen LogP contribution in [0.2, 0.25) is 0 Å². The van der Waals surface area contributed by atoms with Crippen LogP contribution in [0.1, 0.15) is 43.3 Å². The Morgan fingerprint density at radius 1 is 1.34 bits per heavy atom. The monoisotopic (exact) mass is 544 g/mol. The van der Waals surface area contributed by atoms with Crippen molar-refractivity contribution in [3.63, 3.8) is 0 Å². The summed E-state index contributed by atoms with van der Waals surface area (Å²) in [7, 11) is 4.05. The number of methoxy groups -OCH3 is 1. The van der Waals surface area contributed by atoms with Gasteiger partial charge < -0.3 is 29.3 Å². The summed E-state index contributed by atoms with van der Waals surface area (Å²) >= 11 is 1.76. The molecule has 3 unspecified atom stereocenters. The molecule has 35 heavy (non-hydrogen) atoms. The smallest absolute Gasteiger partial charge is 0.350 e. The summed E-state index contributed by atoms with van der Waals surface area (Å²) in [5.41, 5.74) is 1.06. The number of carbonyl (C=O) groups is 1. The highest BCUT2D eigenvalue weighted by molar-refractivity contribution is 7.99. The van der Waals surface area contributed by atoms with Gasteiger partial charge in [-0.15, -0.1) is 21.0 Å². The van der Waals surface area contributed by atoms with E-state index in [1.54, 1.807) is 37.2 Å². The molecular weight excluding hydrogens is 510 g/mol. The van der Waals surface area contributed by atoms with E-state index in [1.165, 1.54) is 11.7 Å². The minimum Gasteiger partial charge on any atom is -0.383 e. The van der Waals surface area contributed by atoms with E-state index in [0.717, 1.165) is 22.9 Å². The molecule has 0 radical (unpaired) electrons. The van der Waals surface area contributed by atoms with Gasteiger partial charge in [0.2, 0.25) is 0 Å². The lowest BCUT2D eigenvalue weighted by Crippen LogP contribution is -2.27. The fourth-order valence-corrected chi connectivity index (χ4v) is 4.91. The highest BCUT2D eigenvalue weighted by Gasteiger charge is 2.15. The summed E-state index contributed by atoms with van der Waals surface area (Å²) in [5.74, 6) is 0.820. The number of rotatable bonds is 9.